The van der Waals surface area contributed by atoms with Crippen LogP contribution in [0.25, 0.3) is 0 Å². The van der Waals surface area contributed by atoms with Gasteiger partial charge in [0.05, 0.1) is 4.92 Å². The Morgan fingerprint density at radius 3 is 2.71 bits per heavy atom. The van der Waals surface area contributed by atoms with Crippen LogP contribution < -0.4 is 15.8 Å². The van der Waals surface area contributed by atoms with Crippen LogP contribution in [0, 0.1) is 10.1 Å². The van der Waals surface area contributed by atoms with E-state index in [-0.39, 0.29) is 11.4 Å². The van der Waals surface area contributed by atoms with Gasteiger partial charge in [0.1, 0.15) is 0 Å². The number of ether oxygens (including phenoxy) is 1. The molecule has 1 unspecified atom stereocenters. The SMILES string of the molecule is CCCNCc1ccc(OC(CC)C(N)=O)c([N+](=O)[O-])c1. The van der Waals surface area contributed by atoms with E-state index >= 15 is 0 Å². The minimum Gasteiger partial charge on any atom is -0.473 e. The lowest BCUT2D eigenvalue weighted by Gasteiger charge is -2.14. The quantitative estimate of drug-likeness (QED) is 0.410. The minimum absolute atomic E-state index is 0.0601. The highest BCUT2D eigenvalue weighted by Crippen LogP contribution is 2.29. The Balaban J connectivity index is 2.93. The zero-order chi connectivity index (χ0) is 15.8. The van der Waals surface area contributed by atoms with Crippen molar-refractivity contribution in [1.29, 1.82) is 0 Å². The molecule has 0 radical (unpaired) electrons. The largest absolute Gasteiger partial charge is 0.473 e. The molecule has 0 aliphatic heterocycles. The number of nitro groups is 1. The van der Waals surface area contributed by atoms with Crippen molar-refractivity contribution >= 4 is 11.6 Å². The molecule has 21 heavy (non-hydrogen) atoms. The number of nitrogens with one attached hydrogen (secondary N) is 1. The molecular weight excluding hydrogens is 274 g/mol. The molecule has 0 fully saturated rings. The first-order valence-corrected chi connectivity index (χ1v) is 6.93. The van der Waals surface area contributed by atoms with E-state index in [1.54, 1.807) is 13.0 Å². The summed E-state index contributed by atoms with van der Waals surface area (Å²) >= 11 is 0. The fraction of sp³-hybridized carbons (Fsp3) is 0.500. The second-order valence-electron chi connectivity index (χ2n) is 4.65. The number of rotatable bonds is 9. The maximum atomic E-state index is 11.2. The van der Waals surface area contributed by atoms with Gasteiger partial charge in [0.15, 0.2) is 11.9 Å². The summed E-state index contributed by atoms with van der Waals surface area (Å²) < 4.78 is 5.36. The third-order valence-electron chi connectivity index (χ3n) is 2.93. The van der Waals surface area contributed by atoms with E-state index in [1.165, 1.54) is 12.1 Å². The van der Waals surface area contributed by atoms with Gasteiger partial charge in [0.2, 0.25) is 0 Å². The van der Waals surface area contributed by atoms with Crippen LogP contribution in [0.4, 0.5) is 5.69 Å². The third-order valence-corrected chi connectivity index (χ3v) is 2.93. The smallest absolute Gasteiger partial charge is 0.311 e. The van der Waals surface area contributed by atoms with Gasteiger partial charge < -0.3 is 15.8 Å². The summed E-state index contributed by atoms with van der Waals surface area (Å²) in [5, 5.41) is 14.3. The lowest BCUT2D eigenvalue weighted by molar-refractivity contribution is -0.386. The molecule has 1 amide bonds. The van der Waals surface area contributed by atoms with Crippen LogP contribution in [-0.4, -0.2) is 23.5 Å². The summed E-state index contributed by atoms with van der Waals surface area (Å²) in [6.45, 7) is 5.15. The summed E-state index contributed by atoms with van der Waals surface area (Å²) in [4.78, 5) is 21.8. The first kappa shape index (κ1) is 16.9. The van der Waals surface area contributed by atoms with Crippen molar-refractivity contribution in [1.82, 2.24) is 5.32 Å². The summed E-state index contributed by atoms with van der Waals surface area (Å²) in [7, 11) is 0. The highest BCUT2D eigenvalue weighted by atomic mass is 16.6. The molecule has 0 heterocycles. The number of nitro benzene ring substituents is 1. The van der Waals surface area contributed by atoms with E-state index in [4.69, 9.17) is 10.5 Å². The summed E-state index contributed by atoms with van der Waals surface area (Å²) in [6.07, 6.45) is 0.472. The molecule has 3 N–H and O–H groups in total. The van der Waals surface area contributed by atoms with Crippen LogP contribution in [0.1, 0.15) is 32.3 Å². The standard InChI is InChI=1S/C14H21N3O4/c1-3-7-16-9-10-5-6-13(11(8-10)17(19)20)21-12(4-2)14(15)18/h5-6,8,12,16H,3-4,7,9H2,1-2H3,(H2,15,18). The second kappa shape index (κ2) is 8.21. The number of amides is 1. The molecule has 0 spiro atoms. The number of hydrogen-bond acceptors (Lipinski definition) is 5. The first-order chi connectivity index (χ1) is 9.99. The molecular formula is C14H21N3O4. The monoisotopic (exact) mass is 295 g/mol. The summed E-state index contributed by atoms with van der Waals surface area (Å²) in [5.41, 5.74) is 5.81. The molecule has 0 aliphatic rings. The molecule has 0 aliphatic carbocycles. The molecule has 116 valence electrons. The second-order valence-corrected chi connectivity index (χ2v) is 4.65. The highest BCUT2D eigenvalue weighted by Gasteiger charge is 2.21. The molecule has 1 atom stereocenters. The van der Waals surface area contributed by atoms with Gasteiger partial charge in [-0.3, -0.25) is 14.9 Å². The Kier molecular flexibility index (Phi) is 6.61. The molecule has 1 aromatic carbocycles. The molecule has 0 saturated carbocycles. The van der Waals surface area contributed by atoms with Gasteiger partial charge in [-0.05, 0) is 31.0 Å². The van der Waals surface area contributed by atoms with Gasteiger partial charge >= 0.3 is 5.69 Å². The number of nitrogens with zero attached hydrogens (tertiary/aromatic N) is 1. The number of primary amides is 1. The fourth-order valence-corrected chi connectivity index (χ4v) is 1.82. The molecule has 1 aromatic rings. The van der Waals surface area contributed by atoms with Crippen LogP contribution >= 0.6 is 0 Å². The van der Waals surface area contributed by atoms with Crippen LogP contribution in [0.3, 0.4) is 0 Å². The Morgan fingerprint density at radius 1 is 1.48 bits per heavy atom. The van der Waals surface area contributed by atoms with Crippen molar-refractivity contribution in [3.63, 3.8) is 0 Å². The van der Waals surface area contributed by atoms with E-state index in [0.717, 1.165) is 18.5 Å². The van der Waals surface area contributed by atoms with E-state index < -0.39 is 16.9 Å². The normalized spacial score (nSPS) is 11.9. The molecule has 0 aromatic heterocycles. The molecule has 7 heteroatoms. The average molecular weight is 295 g/mol. The van der Waals surface area contributed by atoms with Gasteiger partial charge in [-0.1, -0.05) is 19.9 Å². The number of carbonyl (C=O) groups is 1. The lowest BCUT2D eigenvalue weighted by atomic mass is 10.1. The first-order valence-electron chi connectivity index (χ1n) is 6.93. The van der Waals surface area contributed by atoms with Crippen molar-refractivity contribution in [2.24, 2.45) is 5.73 Å². The van der Waals surface area contributed by atoms with Crippen LogP contribution in [-0.2, 0) is 11.3 Å². The number of hydrogen-bond donors (Lipinski definition) is 2. The Bertz CT molecular complexity index is 505. The van der Waals surface area contributed by atoms with Crippen molar-refractivity contribution in [3.8, 4) is 5.75 Å². The zero-order valence-corrected chi connectivity index (χ0v) is 12.3. The highest BCUT2D eigenvalue weighted by molar-refractivity contribution is 5.79. The number of benzene rings is 1. The predicted molar refractivity (Wildman–Crippen MR) is 79.0 cm³/mol. The van der Waals surface area contributed by atoms with E-state index in [0.29, 0.717) is 13.0 Å². The minimum atomic E-state index is -0.868. The number of carbonyl (C=O) groups excluding carboxylic acids is 1. The van der Waals surface area contributed by atoms with Crippen molar-refractivity contribution in [2.45, 2.75) is 39.3 Å². The topological polar surface area (TPSA) is 107 Å². The number of nitrogens with two attached hydrogens (primary N) is 1. The Hall–Kier alpha value is -2.15. The van der Waals surface area contributed by atoms with Crippen molar-refractivity contribution in [3.05, 3.63) is 33.9 Å². The molecule has 7 nitrogen and oxygen atoms in total. The predicted octanol–water partition coefficient (Wildman–Crippen LogP) is 1.74. The van der Waals surface area contributed by atoms with Gasteiger partial charge in [-0.2, -0.15) is 0 Å². The zero-order valence-electron chi connectivity index (χ0n) is 12.3. The van der Waals surface area contributed by atoms with Crippen molar-refractivity contribution in [2.75, 3.05) is 6.54 Å². The van der Waals surface area contributed by atoms with E-state index in [1.807, 2.05) is 6.92 Å². The molecule has 0 saturated heterocycles. The van der Waals surface area contributed by atoms with Gasteiger partial charge in [-0.25, -0.2) is 0 Å². The third kappa shape index (κ3) is 5.03. The fourth-order valence-electron chi connectivity index (χ4n) is 1.82. The average Bonchev–Trinajstić information content (AvgIpc) is 2.45. The lowest BCUT2D eigenvalue weighted by Crippen LogP contribution is -2.33. The maximum Gasteiger partial charge on any atom is 0.311 e. The van der Waals surface area contributed by atoms with Gasteiger partial charge in [-0.15, -0.1) is 0 Å². The van der Waals surface area contributed by atoms with Gasteiger partial charge in [0.25, 0.3) is 5.91 Å². The molecule has 1 rings (SSSR count). The van der Waals surface area contributed by atoms with Crippen LogP contribution in [0.5, 0.6) is 5.75 Å². The van der Waals surface area contributed by atoms with Crippen molar-refractivity contribution < 1.29 is 14.5 Å². The summed E-state index contributed by atoms with van der Waals surface area (Å²) in [5.74, 6) is -0.578. The Morgan fingerprint density at radius 2 is 2.19 bits per heavy atom. The van der Waals surface area contributed by atoms with Crippen LogP contribution in [0.15, 0.2) is 18.2 Å². The summed E-state index contributed by atoms with van der Waals surface area (Å²) in [6, 6.07) is 4.69. The Labute approximate surface area is 123 Å². The van der Waals surface area contributed by atoms with E-state index in [9.17, 15) is 14.9 Å². The maximum absolute atomic E-state index is 11.2. The van der Waals surface area contributed by atoms with Crippen LogP contribution in [0.2, 0.25) is 0 Å². The van der Waals surface area contributed by atoms with Gasteiger partial charge in [0, 0.05) is 12.6 Å². The molecule has 0 bridgehead atoms. The van der Waals surface area contributed by atoms with E-state index in [2.05, 4.69) is 5.32 Å².